The van der Waals surface area contributed by atoms with Crippen LogP contribution >= 0.6 is 7.82 Å². The van der Waals surface area contributed by atoms with Gasteiger partial charge in [-0.15, -0.1) is 0 Å². The Hall–Kier alpha value is -3.34. The maximum atomic E-state index is 12.4. The zero-order chi connectivity index (χ0) is 48.4. The number of carbonyl (C=O) groups is 3. The molecule has 12 heteroatoms. The van der Waals surface area contributed by atoms with Crippen molar-refractivity contribution in [3.63, 3.8) is 0 Å². The predicted molar refractivity (Wildman–Crippen MR) is 272 cm³/mol. The molecule has 3 atom stereocenters. The van der Waals surface area contributed by atoms with Crippen LogP contribution in [0.5, 0.6) is 0 Å². The minimum Gasteiger partial charge on any atom is -0.480 e. The van der Waals surface area contributed by atoms with Gasteiger partial charge in [-0.3, -0.25) is 18.6 Å². The first-order valence-electron chi connectivity index (χ1n) is 25.6. The van der Waals surface area contributed by atoms with Gasteiger partial charge >= 0.3 is 19.8 Å². The van der Waals surface area contributed by atoms with Crippen molar-refractivity contribution in [2.75, 3.05) is 19.8 Å². The number of unbranched alkanes of at least 4 members (excludes halogenated alkanes) is 19. The molecule has 0 aliphatic carbocycles. The summed E-state index contributed by atoms with van der Waals surface area (Å²) in [5, 5.41) is 21.9. The molecule has 0 rings (SSSR count). The van der Waals surface area contributed by atoms with E-state index in [1.165, 1.54) is 83.5 Å². The van der Waals surface area contributed by atoms with Crippen LogP contribution in [0.4, 0.5) is 0 Å². The van der Waals surface area contributed by atoms with Crippen LogP contribution in [0.25, 0.3) is 0 Å². The highest BCUT2D eigenvalue weighted by Crippen LogP contribution is 2.43. The number of hydrogen-bond acceptors (Lipinski definition) is 8. The molecular formula is C54H92NO10P. The topological polar surface area (TPSA) is 169 Å². The molecule has 0 aromatic carbocycles. The Morgan fingerprint density at radius 1 is 0.500 bits per heavy atom. The average Bonchev–Trinajstić information content (AvgIpc) is 3.29. The molecule has 66 heavy (non-hydrogen) atoms. The van der Waals surface area contributed by atoms with E-state index in [1.807, 2.05) is 0 Å². The van der Waals surface area contributed by atoms with Crippen LogP contribution in [0.1, 0.15) is 206 Å². The lowest BCUT2D eigenvalue weighted by molar-refractivity contribution is -0.147. The Morgan fingerprint density at radius 2 is 0.879 bits per heavy atom. The Balaban J connectivity index is 3.91. The lowest BCUT2D eigenvalue weighted by Gasteiger charge is -2.18. The summed E-state index contributed by atoms with van der Waals surface area (Å²) < 4.78 is 26.9. The van der Waals surface area contributed by atoms with E-state index in [1.54, 1.807) is 0 Å². The second-order valence-corrected chi connectivity index (χ2v) is 18.4. The summed E-state index contributed by atoms with van der Waals surface area (Å²) in [5.41, 5.74) is 0. The van der Waals surface area contributed by atoms with E-state index in [9.17, 15) is 34.1 Å². The number of allylic oxidation sites excluding steroid dienone is 14. The second kappa shape index (κ2) is 48.1. The second-order valence-electron chi connectivity index (χ2n) is 17.0. The van der Waals surface area contributed by atoms with Crippen molar-refractivity contribution >= 4 is 25.7 Å². The monoisotopic (exact) mass is 946 g/mol. The van der Waals surface area contributed by atoms with Gasteiger partial charge in [0.1, 0.15) is 12.7 Å². The van der Waals surface area contributed by atoms with Crippen LogP contribution in [0.2, 0.25) is 0 Å². The molecule has 0 bridgehead atoms. The molecule has 0 saturated carbocycles. The number of amides is 1. The summed E-state index contributed by atoms with van der Waals surface area (Å²) in [7, 11) is -4.78. The summed E-state index contributed by atoms with van der Waals surface area (Å²) in [6, 6.07) is -1.57. The highest BCUT2D eigenvalue weighted by atomic mass is 31.2. The van der Waals surface area contributed by atoms with Crippen molar-refractivity contribution in [1.29, 1.82) is 0 Å². The van der Waals surface area contributed by atoms with Gasteiger partial charge in [0.25, 0.3) is 0 Å². The molecule has 0 heterocycles. The number of esters is 1. The minimum atomic E-state index is -4.78. The largest absolute Gasteiger partial charge is 0.480 e. The summed E-state index contributed by atoms with van der Waals surface area (Å²) in [4.78, 5) is 46.1. The number of phosphoric acid groups is 1. The van der Waals surface area contributed by atoms with Gasteiger partial charge in [0.05, 0.1) is 13.2 Å². The maximum Gasteiger partial charge on any atom is 0.472 e. The third-order valence-electron chi connectivity index (χ3n) is 10.7. The van der Waals surface area contributed by atoms with Gasteiger partial charge in [-0.1, -0.05) is 189 Å². The lowest BCUT2D eigenvalue weighted by Crippen LogP contribution is -2.43. The smallest absolute Gasteiger partial charge is 0.472 e. The Kier molecular flexibility index (Phi) is 45.7. The highest BCUT2D eigenvalue weighted by Gasteiger charge is 2.28. The fourth-order valence-corrected chi connectivity index (χ4v) is 7.50. The molecule has 0 aliphatic heterocycles. The fraction of sp³-hybridized carbons (Fsp3) is 0.685. The van der Waals surface area contributed by atoms with E-state index in [4.69, 9.17) is 13.8 Å². The first-order valence-corrected chi connectivity index (χ1v) is 27.1. The van der Waals surface area contributed by atoms with Crippen molar-refractivity contribution in [3.8, 4) is 0 Å². The number of carboxylic acids is 1. The molecule has 0 aromatic rings. The highest BCUT2D eigenvalue weighted by molar-refractivity contribution is 7.47. The Bertz CT molecular complexity index is 1440. The van der Waals surface area contributed by atoms with Crippen molar-refractivity contribution in [2.24, 2.45) is 0 Å². The molecule has 0 spiro atoms. The lowest BCUT2D eigenvalue weighted by atomic mass is 10.1. The zero-order valence-corrected chi connectivity index (χ0v) is 42.1. The van der Waals surface area contributed by atoms with Gasteiger partial charge in [0, 0.05) is 12.8 Å². The van der Waals surface area contributed by atoms with Crippen LogP contribution < -0.4 is 5.32 Å². The molecule has 1 amide bonds. The van der Waals surface area contributed by atoms with Crippen molar-refractivity contribution < 1.29 is 47.8 Å². The molecule has 0 saturated heterocycles. The van der Waals surface area contributed by atoms with Crippen LogP contribution in [0, 0.1) is 0 Å². The molecule has 0 aliphatic rings. The Morgan fingerprint density at radius 3 is 1.33 bits per heavy atom. The van der Waals surface area contributed by atoms with Crippen molar-refractivity contribution in [2.45, 2.75) is 219 Å². The van der Waals surface area contributed by atoms with Gasteiger partial charge in [-0.05, 0) is 89.9 Å². The van der Waals surface area contributed by atoms with E-state index < -0.39 is 57.6 Å². The van der Waals surface area contributed by atoms with E-state index in [0.29, 0.717) is 12.8 Å². The zero-order valence-electron chi connectivity index (χ0n) is 41.2. The summed E-state index contributed by atoms with van der Waals surface area (Å²) in [5.74, 6) is -2.42. The molecule has 11 nitrogen and oxygen atoms in total. The molecule has 378 valence electrons. The number of hydrogen-bond donors (Lipinski definition) is 4. The third-order valence-corrected chi connectivity index (χ3v) is 11.6. The van der Waals surface area contributed by atoms with E-state index in [0.717, 1.165) is 83.5 Å². The van der Waals surface area contributed by atoms with Gasteiger partial charge in [-0.2, -0.15) is 0 Å². The number of ether oxygens (including phenoxy) is 1. The van der Waals surface area contributed by atoms with Crippen LogP contribution in [0.3, 0.4) is 0 Å². The SMILES string of the molecule is CC/C=C\C/C=C\C/C=C\C/C=C\C/C=C\C/C=C\CCCCCCC(=O)NC(COP(=O)(O)OCC(O)COC(=O)CCCCCCCCCCC/C=C/CCCCCCCC)C(=O)O. The van der Waals surface area contributed by atoms with Crippen LogP contribution in [0.15, 0.2) is 85.1 Å². The number of carboxylic acid groups (broad SMARTS) is 1. The number of aliphatic hydroxyl groups is 1. The molecule has 4 N–H and O–H groups in total. The van der Waals surface area contributed by atoms with E-state index >= 15 is 0 Å². The van der Waals surface area contributed by atoms with E-state index in [2.05, 4.69) is 104 Å². The maximum absolute atomic E-state index is 12.4. The first kappa shape index (κ1) is 62.7. The predicted octanol–water partition coefficient (Wildman–Crippen LogP) is 14.2. The van der Waals surface area contributed by atoms with Crippen LogP contribution in [-0.4, -0.2) is 64.9 Å². The third kappa shape index (κ3) is 47.2. The molecule has 3 unspecified atom stereocenters. The average molecular weight is 946 g/mol. The van der Waals surface area contributed by atoms with Gasteiger partial charge in [-0.25, -0.2) is 9.36 Å². The summed E-state index contributed by atoms with van der Waals surface area (Å²) >= 11 is 0. The number of aliphatic hydroxyl groups excluding tert-OH is 1. The standard InChI is InChI=1S/C54H92NO10P/c1-3-5-7-9-11-13-15-17-19-21-23-24-25-26-28-29-31-33-35-37-39-41-43-45-52(57)55-51(54(59)60)49-65-66(61,62)64-48-50(56)47-63-53(58)46-44-42-40-38-36-34-32-30-27-22-20-18-16-14-12-10-8-6-4-2/h5,7,11,13,17-20,23-24,26,28,31,33,50-51,56H,3-4,6,8-10,12,14-16,21-22,25,27,29-30,32,34-49H2,1-2H3,(H,55,57)(H,59,60)(H,61,62)/b7-5-,13-11-,19-17-,20-18+,24-23-,28-26-,33-31-. The number of nitrogens with one attached hydrogen (secondary N) is 1. The number of rotatable bonds is 47. The normalized spacial score (nSPS) is 14.2. The quantitative estimate of drug-likeness (QED) is 0.0199. The molecule has 0 aromatic heterocycles. The Labute approximate surface area is 401 Å². The van der Waals surface area contributed by atoms with Crippen LogP contribution in [-0.2, 0) is 32.7 Å². The minimum absolute atomic E-state index is 0.111. The van der Waals surface area contributed by atoms with Crippen molar-refractivity contribution in [1.82, 2.24) is 5.32 Å². The number of carbonyl (C=O) groups excluding carboxylic acids is 2. The van der Waals surface area contributed by atoms with E-state index in [-0.39, 0.29) is 12.8 Å². The molecule has 0 fully saturated rings. The summed E-state index contributed by atoms with van der Waals surface area (Å²) in [6.07, 6.45) is 60.3. The van der Waals surface area contributed by atoms with Gasteiger partial charge in [0.2, 0.25) is 5.91 Å². The van der Waals surface area contributed by atoms with Gasteiger partial charge in [0.15, 0.2) is 6.04 Å². The van der Waals surface area contributed by atoms with Gasteiger partial charge < -0.3 is 25.2 Å². The number of aliphatic carboxylic acids is 1. The van der Waals surface area contributed by atoms with Crippen molar-refractivity contribution in [3.05, 3.63) is 85.1 Å². The number of phosphoric ester groups is 1. The molecular weight excluding hydrogens is 854 g/mol. The first-order chi connectivity index (χ1) is 32.1. The summed E-state index contributed by atoms with van der Waals surface area (Å²) in [6.45, 7) is 2.47. The fourth-order valence-electron chi connectivity index (χ4n) is 6.72. The molecule has 0 radical (unpaired) electrons.